The van der Waals surface area contributed by atoms with E-state index in [1.807, 2.05) is 13.8 Å². The van der Waals surface area contributed by atoms with Gasteiger partial charge in [-0.15, -0.1) is 0 Å². The van der Waals surface area contributed by atoms with Crippen LogP contribution < -0.4 is 25.2 Å². The number of aromatic nitrogens is 1. The molecule has 0 bridgehead atoms. The lowest BCUT2D eigenvalue weighted by Crippen LogP contribution is -2.50. The normalized spacial score (nSPS) is 24.0. The van der Waals surface area contributed by atoms with Crippen LogP contribution in [0.15, 0.2) is 30.4 Å². The lowest BCUT2D eigenvalue weighted by atomic mass is 9.83. The molecule has 2 saturated carbocycles. The molecule has 15 heteroatoms. The molecule has 1 unspecified atom stereocenters. The van der Waals surface area contributed by atoms with Gasteiger partial charge in [-0.3, -0.25) is 19.1 Å². The lowest BCUT2D eigenvalue weighted by Gasteiger charge is -2.41. The molecule has 12 nitrogen and oxygen atoms in total. The molecule has 4 N–H and O–H groups in total. The number of ether oxygens (including phenoxy) is 3. The number of rotatable bonds is 13. The first-order valence-electron chi connectivity index (χ1n) is 20.0. The molecule has 1 spiro atoms. The molecule has 1 aromatic carbocycles. The van der Waals surface area contributed by atoms with Gasteiger partial charge >= 0.3 is 6.09 Å². The van der Waals surface area contributed by atoms with Crippen molar-refractivity contribution in [3.63, 3.8) is 0 Å². The number of alkyl carbamates (subject to hydrolysis) is 1. The highest BCUT2D eigenvalue weighted by atomic mass is 32.2. The second kappa shape index (κ2) is 17.4. The molecule has 314 valence electrons. The number of alkyl halides is 2. The molecule has 6 rings (SSSR count). The highest BCUT2D eigenvalue weighted by molar-refractivity contribution is 7.99. The number of nitrogens with two attached hydrogens (primary N) is 1. The molecule has 1 aromatic heterocycles. The first-order chi connectivity index (χ1) is 26.7. The average molecular weight is 816 g/mol. The summed E-state index contributed by atoms with van der Waals surface area (Å²) in [7, 11) is 1.44. The first-order valence-corrected chi connectivity index (χ1v) is 20.8. The molecule has 2 aliphatic carbocycles. The third-order valence-corrected chi connectivity index (χ3v) is 11.9. The van der Waals surface area contributed by atoms with Gasteiger partial charge in [0.05, 0.1) is 36.8 Å². The van der Waals surface area contributed by atoms with E-state index in [0.717, 1.165) is 11.3 Å². The summed E-state index contributed by atoms with van der Waals surface area (Å²) in [5.41, 5.74) is 3.62. The van der Waals surface area contributed by atoms with Gasteiger partial charge in [0.2, 0.25) is 17.7 Å². The largest absolute Gasteiger partial charge is 0.497 e. The van der Waals surface area contributed by atoms with Crippen LogP contribution in [-0.2, 0) is 25.0 Å². The number of amides is 4. The highest BCUT2D eigenvalue weighted by Crippen LogP contribution is 2.55. The topological polar surface area (TPSA) is 162 Å². The summed E-state index contributed by atoms with van der Waals surface area (Å²) < 4.78 is 52.4. The van der Waals surface area contributed by atoms with Crippen molar-refractivity contribution in [1.29, 1.82) is 0 Å². The quantitative estimate of drug-likeness (QED) is 0.105. The number of hydrogen-bond acceptors (Lipinski definition) is 9. The summed E-state index contributed by atoms with van der Waals surface area (Å²) in [6.07, 6.45) is 11.2. The van der Waals surface area contributed by atoms with E-state index >= 15 is 8.78 Å². The van der Waals surface area contributed by atoms with E-state index in [9.17, 15) is 19.2 Å². The number of nitrogens with zero attached hydrogens (tertiary/aromatic N) is 2. The van der Waals surface area contributed by atoms with E-state index in [4.69, 9.17) is 19.9 Å². The van der Waals surface area contributed by atoms with E-state index < -0.39 is 54.0 Å². The number of likely N-dealkylation sites (tertiary alicyclic amines) is 1. The fraction of sp³-hybridized carbons (Fsp3) is 0.643. The van der Waals surface area contributed by atoms with Crippen molar-refractivity contribution in [3.8, 4) is 11.5 Å². The standard InChI is InChI=1S/C27H34F2N4O6.C15H25NOS/c1-14(2)21-22-20(16-9-15(37-6)7-8-17(16)32-21)27(28,29)12-26(38-22)10-18(23(30)35)33(13-26)19(34)11-31-24(36)39-25(3,4)5;1-3-4-5-6-7-8-12-11-13(12)14(17)16-18-15(2)9-10-15/h7-9,14,18H,10-13H2,1-6H3,(H2,30,35)(H,31,36);7-8,12-13H,3-6,9-11H2,1-2H3,(H,16,17)/b;8-7-/t18?,26-;12-,13+/m01/s1. The maximum absolute atomic E-state index is 16.1. The van der Waals surface area contributed by atoms with Gasteiger partial charge in [-0.25, -0.2) is 18.6 Å². The van der Waals surface area contributed by atoms with Crippen LogP contribution in [0.3, 0.4) is 0 Å². The van der Waals surface area contributed by atoms with Crippen molar-refractivity contribution >= 4 is 46.7 Å². The third-order valence-electron chi connectivity index (χ3n) is 10.7. The zero-order valence-corrected chi connectivity index (χ0v) is 35.3. The summed E-state index contributed by atoms with van der Waals surface area (Å²) in [5.74, 6) is -3.85. The number of nitrogens with one attached hydrogen (secondary N) is 2. The number of primary amides is 1. The van der Waals surface area contributed by atoms with Crippen molar-refractivity contribution in [3.05, 3.63) is 41.6 Å². The van der Waals surface area contributed by atoms with E-state index in [0.29, 0.717) is 27.6 Å². The van der Waals surface area contributed by atoms with Gasteiger partial charge in [0.15, 0.2) is 5.75 Å². The Morgan fingerprint density at radius 1 is 1.18 bits per heavy atom. The second-order valence-corrected chi connectivity index (χ2v) is 18.7. The number of pyridine rings is 1. The lowest BCUT2D eigenvalue weighted by molar-refractivity contribution is -0.137. The predicted octanol–water partition coefficient (Wildman–Crippen LogP) is 7.67. The predicted molar refractivity (Wildman–Crippen MR) is 216 cm³/mol. The van der Waals surface area contributed by atoms with Crippen LogP contribution in [0.1, 0.15) is 123 Å². The number of methoxy groups -OCH3 is 1. The van der Waals surface area contributed by atoms with E-state index in [-0.39, 0.29) is 47.4 Å². The van der Waals surface area contributed by atoms with Gasteiger partial charge in [0.1, 0.15) is 29.5 Å². The van der Waals surface area contributed by atoms with Crippen molar-refractivity contribution in [2.45, 2.75) is 140 Å². The van der Waals surface area contributed by atoms with Gasteiger partial charge in [-0.1, -0.05) is 45.8 Å². The molecular formula is C42H59F2N5O7S. The number of carbonyl (C=O) groups is 4. The molecule has 4 aliphatic rings. The van der Waals surface area contributed by atoms with E-state index in [1.54, 1.807) is 44.9 Å². The molecular weight excluding hydrogens is 757 g/mol. The summed E-state index contributed by atoms with van der Waals surface area (Å²) in [5, 5.41) is 2.54. The molecule has 57 heavy (non-hydrogen) atoms. The van der Waals surface area contributed by atoms with Crippen LogP contribution in [0.5, 0.6) is 11.5 Å². The van der Waals surface area contributed by atoms with E-state index in [2.05, 4.69) is 41.0 Å². The Hall–Kier alpha value is -4.14. The minimum atomic E-state index is -3.39. The number of allylic oxidation sites excluding steroid dienone is 2. The molecule has 4 amide bonds. The van der Waals surface area contributed by atoms with Crippen molar-refractivity contribution in [1.82, 2.24) is 19.9 Å². The van der Waals surface area contributed by atoms with E-state index in [1.165, 1.54) is 51.7 Å². The third kappa shape index (κ3) is 11.1. The van der Waals surface area contributed by atoms with Gasteiger partial charge in [0, 0.05) is 22.5 Å². The number of halogens is 2. The molecule has 3 heterocycles. The summed E-state index contributed by atoms with van der Waals surface area (Å²) in [4.78, 5) is 55.0. The summed E-state index contributed by atoms with van der Waals surface area (Å²) in [6, 6.07) is 3.57. The van der Waals surface area contributed by atoms with Gasteiger partial charge in [0.25, 0.3) is 5.92 Å². The number of unbranched alkanes of at least 4 members (excludes halogenated alkanes) is 3. The fourth-order valence-electron chi connectivity index (χ4n) is 7.24. The maximum atomic E-state index is 16.1. The van der Waals surface area contributed by atoms with Crippen LogP contribution in [-0.4, -0.2) is 75.9 Å². The number of fused-ring (bicyclic) bond motifs is 3. The SMILES string of the molecule is CCCCC/C=C\[C@@H]1C[C@@H]1C(=O)NSC1(C)CC1.COc1ccc2nc(C(C)C)c3c(c2c1)C(F)(F)C[C@]1(CC(C(N)=O)N(C(=O)CNC(=O)OC(C)(C)C)C1)O3. The zero-order valence-electron chi connectivity index (χ0n) is 34.5. The second-order valence-electron chi connectivity index (χ2n) is 17.4. The molecule has 4 atom stereocenters. The Morgan fingerprint density at radius 2 is 1.89 bits per heavy atom. The molecule has 0 radical (unpaired) electrons. The Labute approximate surface area is 338 Å². The van der Waals surface area contributed by atoms with Crippen LogP contribution >= 0.6 is 11.9 Å². The van der Waals surface area contributed by atoms with Crippen LogP contribution in [0.4, 0.5) is 13.6 Å². The average Bonchev–Trinajstić information content (AvgIpc) is 4.04. The van der Waals surface area contributed by atoms with Crippen LogP contribution in [0.2, 0.25) is 0 Å². The minimum Gasteiger partial charge on any atom is -0.497 e. The van der Waals surface area contributed by atoms with Gasteiger partial charge in [-0.05, 0) is 102 Å². The maximum Gasteiger partial charge on any atom is 0.408 e. The van der Waals surface area contributed by atoms with Gasteiger partial charge in [-0.2, -0.15) is 0 Å². The van der Waals surface area contributed by atoms with Crippen molar-refractivity contribution in [2.24, 2.45) is 17.6 Å². The number of carbonyl (C=O) groups excluding carboxylic acids is 4. The van der Waals surface area contributed by atoms with Crippen molar-refractivity contribution < 1.29 is 42.2 Å². The van der Waals surface area contributed by atoms with Crippen LogP contribution in [0.25, 0.3) is 10.9 Å². The number of hydrogen-bond donors (Lipinski definition) is 3. The Kier molecular flexibility index (Phi) is 13.4. The minimum absolute atomic E-state index is 0.0635. The van der Waals surface area contributed by atoms with Gasteiger partial charge < -0.3 is 30.2 Å². The first kappa shape index (κ1) is 44.0. The number of benzene rings is 1. The highest BCUT2D eigenvalue weighted by Gasteiger charge is 2.59. The summed E-state index contributed by atoms with van der Waals surface area (Å²) in [6.45, 7) is 12.3. The Bertz CT molecular complexity index is 1860. The monoisotopic (exact) mass is 815 g/mol. The Balaban J connectivity index is 0.000000287. The van der Waals surface area contributed by atoms with Crippen LogP contribution in [0, 0.1) is 11.8 Å². The Morgan fingerprint density at radius 3 is 2.51 bits per heavy atom. The molecule has 3 fully saturated rings. The fourth-order valence-corrected chi connectivity index (χ4v) is 8.05. The van der Waals surface area contributed by atoms with Crippen molar-refractivity contribution in [2.75, 3.05) is 20.2 Å². The molecule has 2 aliphatic heterocycles. The smallest absolute Gasteiger partial charge is 0.408 e. The zero-order chi connectivity index (χ0) is 41.9. The molecule has 1 saturated heterocycles. The summed E-state index contributed by atoms with van der Waals surface area (Å²) >= 11 is 1.63. The molecule has 2 aromatic rings.